The molecule has 18 heavy (non-hydrogen) atoms. The lowest BCUT2D eigenvalue weighted by Gasteiger charge is -2.10. The van der Waals surface area contributed by atoms with Crippen LogP contribution < -0.4 is 5.32 Å². The molecule has 0 unspecified atom stereocenters. The largest absolute Gasteiger partial charge is 0.380 e. The number of anilines is 1. The third-order valence-electron chi connectivity index (χ3n) is 2.63. The van der Waals surface area contributed by atoms with Gasteiger partial charge in [-0.3, -0.25) is 0 Å². The summed E-state index contributed by atoms with van der Waals surface area (Å²) in [5.41, 5.74) is 3.45. The first kappa shape index (κ1) is 13.1. The molecule has 3 nitrogen and oxygen atoms in total. The Bertz CT molecular complexity index is 499. The standard InChI is InChI=1S/C14H15BrN2O/c1-18-10-12-5-3-2-4-11(12)8-16-13-6-7-14(15)17-9-13/h2-7,9,16H,8,10H2,1H3. The predicted octanol–water partition coefficient (Wildman–Crippen LogP) is 3.60. The van der Waals surface area contributed by atoms with Crippen LogP contribution in [0.3, 0.4) is 0 Å². The molecular weight excluding hydrogens is 292 g/mol. The number of hydrogen-bond donors (Lipinski definition) is 1. The van der Waals surface area contributed by atoms with Crippen molar-refractivity contribution in [2.75, 3.05) is 12.4 Å². The Morgan fingerprint density at radius 3 is 2.61 bits per heavy atom. The first-order valence-corrected chi connectivity index (χ1v) is 6.50. The fraction of sp³-hybridized carbons (Fsp3) is 0.214. The smallest absolute Gasteiger partial charge is 0.106 e. The third-order valence-corrected chi connectivity index (χ3v) is 3.10. The zero-order valence-corrected chi connectivity index (χ0v) is 11.8. The monoisotopic (exact) mass is 306 g/mol. The number of benzene rings is 1. The Morgan fingerprint density at radius 2 is 1.94 bits per heavy atom. The molecule has 0 amide bonds. The number of nitrogens with one attached hydrogen (secondary N) is 1. The highest BCUT2D eigenvalue weighted by Gasteiger charge is 2.01. The van der Waals surface area contributed by atoms with Crippen molar-refractivity contribution in [2.24, 2.45) is 0 Å². The van der Waals surface area contributed by atoms with Crippen LogP contribution in [0.25, 0.3) is 0 Å². The maximum Gasteiger partial charge on any atom is 0.106 e. The van der Waals surface area contributed by atoms with Crippen LogP contribution in [0.2, 0.25) is 0 Å². The Labute approximate surface area is 115 Å². The number of pyridine rings is 1. The molecule has 1 aromatic carbocycles. The molecular formula is C14H15BrN2O. The molecule has 0 bridgehead atoms. The Kier molecular flexibility index (Phi) is 4.73. The van der Waals surface area contributed by atoms with Crippen LogP contribution >= 0.6 is 15.9 Å². The van der Waals surface area contributed by atoms with Gasteiger partial charge in [-0.25, -0.2) is 4.98 Å². The van der Waals surface area contributed by atoms with Gasteiger partial charge in [0, 0.05) is 13.7 Å². The summed E-state index contributed by atoms with van der Waals surface area (Å²) in [6.45, 7) is 1.40. The van der Waals surface area contributed by atoms with Crippen molar-refractivity contribution in [1.29, 1.82) is 0 Å². The van der Waals surface area contributed by atoms with Gasteiger partial charge in [0.25, 0.3) is 0 Å². The maximum atomic E-state index is 5.19. The first-order valence-electron chi connectivity index (χ1n) is 5.71. The number of ether oxygens (including phenoxy) is 1. The maximum absolute atomic E-state index is 5.19. The van der Waals surface area contributed by atoms with E-state index in [4.69, 9.17) is 4.74 Å². The number of nitrogens with zero attached hydrogens (tertiary/aromatic N) is 1. The minimum absolute atomic E-state index is 0.635. The summed E-state index contributed by atoms with van der Waals surface area (Å²) in [7, 11) is 1.71. The molecule has 4 heteroatoms. The lowest BCUT2D eigenvalue weighted by molar-refractivity contribution is 0.184. The van der Waals surface area contributed by atoms with Crippen molar-refractivity contribution in [2.45, 2.75) is 13.2 Å². The van der Waals surface area contributed by atoms with Crippen LogP contribution in [0.15, 0.2) is 47.2 Å². The molecule has 0 atom stereocenters. The Balaban J connectivity index is 2.03. The number of rotatable bonds is 5. The van der Waals surface area contributed by atoms with Gasteiger partial charge >= 0.3 is 0 Å². The van der Waals surface area contributed by atoms with Gasteiger partial charge in [-0.1, -0.05) is 24.3 Å². The molecule has 0 aliphatic rings. The van der Waals surface area contributed by atoms with Crippen molar-refractivity contribution in [3.05, 3.63) is 58.3 Å². The molecule has 0 aliphatic heterocycles. The van der Waals surface area contributed by atoms with Crippen molar-refractivity contribution in [1.82, 2.24) is 4.98 Å². The van der Waals surface area contributed by atoms with E-state index in [2.05, 4.69) is 38.4 Å². The summed E-state index contributed by atoms with van der Waals surface area (Å²) in [5, 5.41) is 3.35. The molecule has 0 saturated heterocycles. The second-order valence-corrected chi connectivity index (χ2v) is 4.74. The summed E-state index contributed by atoms with van der Waals surface area (Å²) < 4.78 is 6.03. The summed E-state index contributed by atoms with van der Waals surface area (Å²) in [6.07, 6.45) is 1.81. The molecule has 1 heterocycles. The van der Waals surface area contributed by atoms with E-state index in [1.807, 2.05) is 30.5 Å². The summed E-state index contributed by atoms with van der Waals surface area (Å²) in [6, 6.07) is 12.2. The van der Waals surface area contributed by atoms with Gasteiger partial charge < -0.3 is 10.1 Å². The van der Waals surface area contributed by atoms with Crippen LogP contribution in [0, 0.1) is 0 Å². The minimum atomic E-state index is 0.635. The van der Waals surface area contributed by atoms with E-state index in [0.717, 1.165) is 16.8 Å². The van der Waals surface area contributed by atoms with E-state index in [9.17, 15) is 0 Å². The lowest BCUT2D eigenvalue weighted by Crippen LogP contribution is -2.03. The zero-order chi connectivity index (χ0) is 12.8. The second-order valence-electron chi connectivity index (χ2n) is 3.92. The third kappa shape index (κ3) is 3.55. The van der Waals surface area contributed by atoms with Crippen LogP contribution in [0.1, 0.15) is 11.1 Å². The number of methoxy groups -OCH3 is 1. The summed E-state index contributed by atoms with van der Waals surface area (Å²) in [5.74, 6) is 0. The van der Waals surface area contributed by atoms with Crippen molar-refractivity contribution in [3.63, 3.8) is 0 Å². The molecule has 1 aromatic heterocycles. The molecule has 1 N–H and O–H groups in total. The molecule has 94 valence electrons. The van der Waals surface area contributed by atoms with Crippen molar-refractivity contribution in [3.8, 4) is 0 Å². The van der Waals surface area contributed by atoms with Crippen LogP contribution in [0.5, 0.6) is 0 Å². The van der Waals surface area contributed by atoms with E-state index in [1.54, 1.807) is 7.11 Å². The molecule has 0 radical (unpaired) electrons. The Morgan fingerprint density at radius 1 is 1.17 bits per heavy atom. The average Bonchev–Trinajstić information content (AvgIpc) is 2.40. The highest BCUT2D eigenvalue weighted by Crippen LogP contribution is 2.14. The van der Waals surface area contributed by atoms with Gasteiger partial charge in [-0.15, -0.1) is 0 Å². The topological polar surface area (TPSA) is 34.1 Å². The van der Waals surface area contributed by atoms with E-state index in [-0.39, 0.29) is 0 Å². The summed E-state index contributed by atoms with van der Waals surface area (Å²) >= 11 is 3.32. The van der Waals surface area contributed by atoms with E-state index < -0.39 is 0 Å². The second kappa shape index (κ2) is 6.52. The van der Waals surface area contributed by atoms with Gasteiger partial charge in [0.1, 0.15) is 4.60 Å². The lowest BCUT2D eigenvalue weighted by atomic mass is 10.1. The quantitative estimate of drug-likeness (QED) is 0.857. The fourth-order valence-corrected chi connectivity index (χ4v) is 1.94. The molecule has 0 saturated carbocycles. The highest BCUT2D eigenvalue weighted by atomic mass is 79.9. The van der Waals surface area contributed by atoms with Crippen LogP contribution in [-0.2, 0) is 17.9 Å². The van der Waals surface area contributed by atoms with Gasteiger partial charge in [0.05, 0.1) is 18.5 Å². The molecule has 2 rings (SSSR count). The number of hydrogen-bond acceptors (Lipinski definition) is 3. The van der Waals surface area contributed by atoms with Crippen molar-refractivity contribution < 1.29 is 4.74 Å². The van der Waals surface area contributed by atoms with E-state index >= 15 is 0 Å². The van der Waals surface area contributed by atoms with Gasteiger partial charge in [0.2, 0.25) is 0 Å². The zero-order valence-electron chi connectivity index (χ0n) is 10.2. The van der Waals surface area contributed by atoms with Gasteiger partial charge in [-0.05, 0) is 39.2 Å². The average molecular weight is 307 g/mol. The number of halogens is 1. The minimum Gasteiger partial charge on any atom is -0.380 e. The van der Waals surface area contributed by atoms with Gasteiger partial charge in [-0.2, -0.15) is 0 Å². The van der Waals surface area contributed by atoms with Gasteiger partial charge in [0.15, 0.2) is 0 Å². The highest BCUT2D eigenvalue weighted by molar-refractivity contribution is 9.10. The van der Waals surface area contributed by atoms with E-state index in [0.29, 0.717) is 6.61 Å². The fourth-order valence-electron chi connectivity index (χ4n) is 1.70. The SMILES string of the molecule is COCc1ccccc1CNc1ccc(Br)nc1. The van der Waals surface area contributed by atoms with Crippen LogP contribution in [0.4, 0.5) is 5.69 Å². The predicted molar refractivity (Wildman–Crippen MR) is 76.4 cm³/mol. The number of aromatic nitrogens is 1. The molecule has 0 fully saturated rings. The molecule has 0 spiro atoms. The first-order chi connectivity index (χ1) is 8.79. The molecule has 0 aliphatic carbocycles. The Hall–Kier alpha value is -1.39. The van der Waals surface area contributed by atoms with Crippen LogP contribution in [-0.4, -0.2) is 12.1 Å². The normalized spacial score (nSPS) is 10.3. The van der Waals surface area contributed by atoms with E-state index in [1.165, 1.54) is 11.1 Å². The van der Waals surface area contributed by atoms with Crippen molar-refractivity contribution >= 4 is 21.6 Å². The molecule has 2 aromatic rings. The summed E-state index contributed by atoms with van der Waals surface area (Å²) in [4.78, 5) is 4.18.